The zero-order chi connectivity index (χ0) is 18.8. The number of guanidine groups is 1. The molecule has 1 aliphatic carbocycles. The van der Waals surface area contributed by atoms with Crippen LogP contribution >= 0.6 is 24.0 Å². The normalized spacial score (nSPS) is 16.7. The molecule has 7 nitrogen and oxygen atoms in total. The number of hydrogen-bond donors (Lipinski definition) is 2. The van der Waals surface area contributed by atoms with Crippen molar-refractivity contribution >= 4 is 29.9 Å². The minimum atomic E-state index is 0. The van der Waals surface area contributed by atoms with E-state index in [4.69, 9.17) is 9.73 Å². The van der Waals surface area contributed by atoms with Gasteiger partial charge >= 0.3 is 0 Å². The van der Waals surface area contributed by atoms with Gasteiger partial charge in [0.05, 0.1) is 6.61 Å². The Labute approximate surface area is 181 Å². The van der Waals surface area contributed by atoms with E-state index < -0.39 is 0 Å². The first-order valence-corrected chi connectivity index (χ1v) is 9.98. The third-order valence-electron chi connectivity index (χ3n) is 5.28. The number of halogens is 1. The van der Waals surface area contributed by atoms with Gasteiger partial charge in [-0.1, -0.05) is 32.1 Å². The van der Waals surface area contributed by atoms with Crippen molar-refractivity contribution in [3.05, 3.63) is 11.6 Å². The number of rotatable bonds is 9. The molecular formula is C19H37IN6O. The van der Waals surface area contributed by atoms with Crippen molar-refractivity contribution in [2.24, 2.45) is 18.0 Å². The molecule has 156 valence electrons. The lowest BCUT2D eigenvalue weighted by Crippen LogP contribution is -2.43. The molecule has 2 rings (SSSR count). The number of methoxy groups -OCH3 is 1. The van der Waals surface area contributed by atoms with E-state index in [1.54, 1.807) is 7.11 Å². The number of aromatic nitrogens is 3. The fourth-order valence-electron chi connectivity index (χ4n) is 3.43. The van der Waals surface area contributed by atoms with E-state index >= 15 is 0 Å². The second-order valence-corrected chi connectivity index (χ2v) is 7.43. The monoisotopic (exact) mass is 492 g/mol. The van der Waals surface area contributed by atoms with Gasteiger partial charge in [0.25, 0.3) is 0 Å². The van der Waals surface area contributed by atoms with Gasteiger partial charge < -0.3 is 19.9 Å². The average Bonchev–Trinajstić information content (AvgIpc) is 2.97. The predicted octanol–water partition coefficient (Wildman–Crippen LogP) is 3.17. The Kier molecular flexibility index (Phi) is 11.9. The van der Waals surface area contributed by atoms with E-state index in [0.29, 0.717) is 19.2 Å². The molecule has 1 atom stereocenters. The minimum Gasteiger partial charge on any atom is -0.383 e. The molecule has 1 unspecified atom stereocenters. The molecule has 1 aromatic rings. The van der Waals surface area contributed by atoms with Gasteiger partial charge in [-0.25, -0.2) is 4.99 Å². The molecule has 0 aliphatic heterocycles. The van der Waals surface area contributed by atoms with E-state index in [-0.39, 0.29) is 24.0 Å². The molecule has 0 spiro atoms. The minimum absolute atomic E-state index is 0. The van der Waals surface area contributed by atoms with E-state index in [1.807, 2.05) is 18.5 Å². The van der Waals surface area contributed by atoms with Crippen LogP contribution in [0, 0.1) is 12.8 Å². The molecule has 0 radical (unpaired) electrons. The summed E-state index contributed by atoms with van der Waals surface area (Å²) in [6.07, 6.45) is 9.55. The first-order valence-electron chi connectivity index (χ1n) is 9.98. The first-order chi connectivity index (χ1) is 12.6. The topological polar surface area (TPSA) is 76.4 Å². The number of nitrogens with zero attached hydrogens (tertiary/aromatic N) is 4. The molecule has 1 aliphatic rings. The molecule has 0 bridgehead atoms. The van der Waals surface area contributed by atoms with Crippen molar-refractivity contribution in [3.63, 3.8) is 0 Å². The Balaban J connectivity index is 0.00000364. The maximum absolute atomic E-state index is 5.14. The first kappa shape index (κ1) is 24.1. The number of ether oxygens (including phenoxy) is 1. The molecular weight excluding hydrogens is 455 g/mol. The SMILES string of the molecule is COCCNC(=NCc1nnc(C)n1C)NC(C)CCC1CCCCC1.I. The van der Waals surface area contributed by atoms with Crippen molar-refractivity contribution in [3.8, 4) is 0 Å². The Morgan fingerprint density at radius 2 is 2.04 bits per heavy atom. The quantitative estimate of drug-likeness (QED) is 0.240. The third-order valence-corrected chi connectivity index (χ3v) is 5.28. The highest BCUT2D eigenvalue weighted by atomic mass is 127. The van der Waals surface area contributed by atoms with Crippen LogP contribution in [0.25, 0.3) is 0 Å². The molecule has 2 N–H and O–H groups in total. The highest BCUT2D eigenvalue weighted by molar-refractivity contribution is 14.0. The Morgan fingerprint density at radius 3 is 2.67 bits per heavy atom. The summed E-state index contributed by atoms with van der Waals surface area (Å²) in [5.74, 6) is 3.50. The lowest BCUT2D eigenvalue weighted by atomic mass is 9.85. The van der Waals surface area contributed by atoms with Gasteiger partial charge in [0, 0.05) is 26.7 Å². The molecule has 1 aromatic heterocycles. The van der Waals surface area contributed by atoms with Gasteiger partial charge in [-0.3, -0.25) is 0 Å². The fraction of sp³-hybridized carbons (Fsp3) is 0.842. The van der Waals surface area contributed by atoms with Crippen LogP contribution < -0.4 is 10.6 Å². The Hall–Kier alpha value is -0.900. The van der Waals surface area contributed by atoms with Crippen LogP contribution in [0.2, 0.25) is 0 Å². The summed E-state index contributed by atoms with van der Waals surface area (Å²) in [7, 11) is 3.68. The summed E-state index contributed by atoms with van der Waals surface area (Å²) in [5.41, 5.74) is 0. The lowest BCUT2D eigenvalue weighted by Gasteiger charge is -2.24. The largest absolute Gasteiger partial charge is 0.383 e. The molecule has 0 aromatic carbocycles. The second-order valence-electron chi connectivity index (χ2n) is 7.43. The number of aryl methyl sites for hydroxylation is 1. The number of hydrogen-bond acceptors (Lipinski definition) is 4. The summed E-state index contributed by atoms with van der Waals surface area (Å²) >= 11 is 0. The summed E-state index contributed by atoms with van der Waals surface area (Å²) in [6, 6.07) is 0.395. The van der Waals surface area contributed by atoms with Gasteiger partial charge in [-0.2, -0.15) is 0 Å². The Bertz CT molecular complexity index is 556. The Morgan fingerprint density at radius 1 is 1.30 bits per heavy atom. The summed E-state index contributed by atoms with van der Waals surface area (Å²) < 4.78 is 7.11. The second kappa shape index (κ2) is 13.3. The van der Waals surface area contributed by atoms with Crippen LogP contribution in [0.5, 0.6) is 0 Å². The maximum Gasteiger partial charge on any atom is 0.191 e. The van der Waals surface area contributed by atoms with Gasteiger partial charge in [0.15, 0.2) is 11.8 Å². The average molecular weight is 492 g/mol. The fourth-order valence-corrected chi connectivity index (χ4v) is 3.43. The van der Waals surface area contributed by atoms with Crippen LogP contribution in [0.1, 0.15) is 63.5 Å². The standard InChI is InChI=1S/C19H36N6O.HI/c1-15(10-11-17-8-6-5-7-9-17)22-19(20-12-13-26-4)21-14-18-24-23-16(2)25(18)3;/h15,17H,5-14H2,1-4H3,(H2,20,21,22);1H. The predicted molar refractivity (Wildman–Crippen MR) is 121 cm³/mol. The summed E-state index contributed by atoms with van der Waals surface area (Å²) in [5, 5.41) is 15.2. The number of aliphatic imine (C=N–C) groups is 1. The molecule has 0 amide bonds. The van der Waals surface area contributed by atoms with Crippen molar-refractivity contribution < 1.29 is 4.74 Å². The lowest BCUT2D eigenvalue weighted by molar-refractivity contribution is 0.203. The zero-order valence-corrected chi connectivity index (χ0v) is 19.7. The highest BCUT2D eigenvalue weighted by Gasteiger charge is 2.15. The van der Waals surface area contributed by atoms with Crippen molar-refractivity contribution in [2.45, 2.75) is 71.4 Å². The van der Waals surface area contributed by atoms with Crippen molar-refractivity contribution in [2.75, 3.05) is 20.3 Å². The third kappa shape index (κ3) is 8.76. The van der Waals surface area contributed by atoms with Gasteiger partial charge in [-0.05, 0) is 32.6 Å². The van der Waals surface area contributed by atoms with Crippen LogP contribution in [-0.2, 0) is 18.3 Å². The molecule has 1 fully saturated rings. The summed E-state index contributed by atoms with van der Waals surface area (Å²) in [6.45, 7) is 6.08. The van der Waals surface area contributed by atoms with E-state index in [2.05, 4.69) is 27.8 Å². The zero-order valence-electron chi connectivity index (χ0n) is 17.3. The van der Waals surface area contributed by atoms with Crippen molar-refractivity contribution in [1.82, 2.24) is 25.4 Å². The van der Waals surface area contributed by atoms with Crippen LogP contribution in [-0.4, -0.2) is 47.0 Å². The maximum atomic E-state index is 5.14. The van der Waals surface area contributed by atoms with E-state index in [9.17, 15) is 0 Å². The molecule has 8 heteroatoms. The molecule has 0 saturated heterocycles. The number of nitrogens with one attached hydrogen (secondary N) is 2. The highest BCUT2D eigenvalue weighted by Crippen LogP contribution is 2.27. The van der Waals surface area contributed by atoms with Crippen molar-refractivity contribution in [1.29, 1.82) is 0 Å². The van der Waals surface area contributed by atoms with Crippen LogP contribution in [0.15, 0.2) is 4.99 Å². The summed E-state index contributed by atoms with van der Waals surface area (Å²) in [4.78, 5) is 4.69. The van der Waals surface area contributed by atoms with Crippen LogP contribution in [0.3, 0.4) is 0 Å². The molecule has 1 saturated carbocycles. The van der Waals surface area contributed by atoms with E-state index in [1.165, 1.54) is 44.9 Å². The van der Waals surface area contributed by atoms with E-state index in [0.717, 1.165) is 30.1 Å². The van der Waals surface area contributed by atoms with Gasteiger partial charge in [0.2, 0.25) is 0 Å². The molecule has 1 heterocycles. The smallest absolute Gasteiger partial charge is 0.191 e. The molecule has 27 heavy (non-hydrogen) atoms. The van der Waals surface area contributed by atoms with Gasteiger partial charge in [-0.15, -0.1) is 34.2 Å². The van der Waals surface area contributed by atoms with Crippen LogP contribution in [0.4, 0.5) is 0 Å². The van der Waals surface area contributed by atoms with Gasteiger partial charge in [0.1, 0.15) is 12.4 Å².